The Morgan fingerprint density at radius 2 is 2.55 bits per heavy atom. The summed E-state index contributed by atoms with van der Waals surface area (Å²) >= 11 is 0. The maximum absolute atomic E-state index is 9.41. The van der Waals surface area contributed by atoms with Crippen LogP contribution in [-0.2, 0) is 0 Å². The van der Waals surface area contributed by atoms with E-state index in [2.05, 4.69) is 5.32 Å². The highest BCUT2D eigenvalue weighted by molar-refractivity contribution is 5.01. The zero-order valence-electron chi connectivity index (χ0n) is 6.58. The van der Waals surface area contributed by atoms with E-state index in [1.54, 1.807) is 18.4 Å². The van der Waals surface area contributed by atoms with Crippen LogP contribution in [0.4, 0.5) is 0 Å². The summed E-state index contributed by atoms with van der Waals surface area (Å²) in [6.45, 7) is 0.794. The fourth-order valence-corrected chi connectivity index (χ4v) is 0.904. The van der Waals surface area contributed by atoms with Crippen molar-refractivity contribution in [2.45, 2.75) is 12.5 Å². The van der Waals surface area contributed by atoms with E-state index < -0.39 is 6.10 Å². The van der Waals surface area contributed by atoms with E-state index in [-0.39, 0.29) is 0 Å². The maximum Gasteiger partial charge on any atom is 0.132 e. The quantitative estimate of drug-likeness (QED) is 0.679. The molecule has 0 bridgehead atoms. The van der Waals surface area contributed by atoms with Gasteiger partial charge in [0.2, 0.25) is 0 Å². The summed E-state index contributed by atoms with van der Waals surface area (Å²) in [6, 6.07) is 3.55. The lowest BCUT2D eigenvalue weighted by Crippen LogP contribution is -2.11. The monoisotopic (exact) mass is 155 g/mol. The molecule has 2 N–H and O–H groups in total. The number of hydrogen-bond donors (Lipinski definition) is 2. The Labute approximate surface area is 66.0 Å². The van der Waals surface area contributed by atoms with Crippen LogP contribution >= 0.6 is 0 Å². The molecule has 0 spiro atoms. The summed E-state index contributed by atoms with van der Waals surface area (Å²) in [5, 5.41) is 12.4. The highest BCUT2D eigenvalue weighted by Gasteiger charge is 2.08. The van der Waals surface area contributed by atoms with E-state index >= 15 is 0 Å². The highest BCUT2D eigenvalue weighted by Crippen LogP contribution is 2.15. The molecule has 1 aromatic rings. The highest BCUT2D eigenvalue weighted by atomic mass is 16.4. The first kappa shape index (κ1) is 8.30. The van der Waals surface area contributed by atoms with Gasteiger partial charge in [-0.3, -0.25) is 0 Å². The molecule has 0 radical (unpaired) electrons. The van der Waals surface area contributed by atoms with Gasteiger partial charge in [0.05, 0.1) is 6.26 Å². The average Bonchev–Trinajstić information content (AvgIpc) is 2.52. The normalized spacial score (nSPS) is 13.3. The first-order valence-corrected chi connectivity index (χ1v) is 3.70. The lowest BCUT2D eigenvalue weighted by Gasteiger charge is -2.05. The Balaban J connectivity index is 2.36. The average molecular weight is 155 g/mol. The van der Waals surface area contributed by atoms with E-state index in [9.17, 15) is 5.11 Å². The molecule has 0 aromatic carbocycles. The van der Waals surface area contributed by atoms with Crippen molar-refractivity contribution in [2.24, 2.45) is 0 Å². The molecule has 0 unspecified atom stereocenters. The fraction of sp³-hybridized carbons (Fsp3) is 0.500. The van der Waals surface area contributed by atoms with Crippen molar-refractivity contribution in [3.05, 3.63) is 24.2 Å². The number of aliphatic hydroxyl groups is 1. The third kappa shape index (κ3) is 2.37. The van der Waals surface area contributed by atoms with Gasteiger partial charge in [0.15, 0.2) is 0 Å². The molecule has 0 saturated heterocycles. The van der Waals surface area contributed by atoms with Crippen LogP contribution in [0.3, 0.4) is 0 Å². The number of furan rings is 1. The van der Waals surface area contributed by atoms with E-state index in [4.69, 9.17) is 4.42 Å². The third-order valence-corrected chi connectivity index (χ3v) is 1.54. The van der Waals surface area contributed by atoms with Gasteiger partial charge in [-0.15, -0.1) is 0 Å². The fourth-order valence-electron chi connectivity index (χ4n) is 0.904. The lowest BCUT2D eigenvalue weighted by molar-refractivity contribution is 0.140. The summed E-state index contributed by atoms with van der Waals surface area (Å²) in [4.78, 5) is 0. The van der Waals surface area contributed by atoms with Crippen LogP contribution < -0.4 is 5.32 Å². The van der Waals surface area contributed by atoms with E-state index in [1.807, 2.05) is 7.05 Å². The van der Waals surface area contributed by atoms with Gasteiger partial charge in [-0.1, -0.05) is 0 Å². The van der Waals surface area contributed by atoms with Crippen molar-refractivity contribution in [3.63, 3.8) is 0 Å². The summed E-state index contributed by atoms with van der Waals surface area (Å²) in [6.07, 6.45) is 1.78. The van der Waals surface area contributed by atoms with Crippen molar-refractivity contribution in [2.75, 3.05) is 13.6 Å². The Hall–Kier alpha value is -0.800. The molecule has 0 amide bonds. The van der Waals surface area contributed by atoms with Crippen molar-refractivity contribution in [1.29, 1.82) is 0 Å². The van der Waals surface area contributed by atoms with Gasteiger partial charge < -0.3 is 14.8 Å². The van der Waals surface area contributed by atoms with Gasteiger partial charge >= 0.3 is 0 Å². The third-order valence-electron chi connectivity index (χ3n) is 1.54. The molecule has 0 saturated carbocycles. The summed E-state index contributed by atoms with van der Waals surface area (Å²) in [7, 11) is 1.86. The van der Waals surface area contributed by atoms with E-state index in [0.29, 0.717) is 12.2 Å². The Bertz CT molecular complexity index is 184. The molecule has 11 heavy (non-hydrogen) atoms. The first-order chi connectivity index (χ1) is 5.34. The first-order valence-electron chi connectivity index (χ1n) is 3.70. The largest absolute Gasteiger partial charge is 0.467 e. The molecule has 0 fully saturated rings. The smallest absolute Gasteiger partial charge is 0.132 e. The van der Waals surface area contributed by atoms with Crippen LogP contribution in [0.25, 0.3) is 0 Å². The van der Waals surface area contributed by atoms with Gasteiger partial charge in [0.1, 0.15) is 11.9 Å². The summed E-state index contributed by atoms with van der Waals surface area (Å²) in [5.74, 6) is 0.639. The molecule has 1 heterocycles. The number of nitrogens with one attached hydrogen (secondary N) is 1. The molecule has 1 rings (SSSR count). The van der Waals surface area contributed by atoms with Crippen LogP contribution in [0.1, 0.15) is 18.3 Å². The van der Waals surface area contributed by atoms with Crippen molar-refractivity contribution >= 4 is 0 Å². The molecular weight excluding hydrogens is 142 g/mol. The Morgan fingerprint density at radius 1 is 1.73 bits per heavy atom. The molecule has 62 valence electrons. The minimum atomic E-state index is -0.475. The van der Waals surface area contributed by atoms with Gasteiger partial charge in [0, 0.05) is 0 Å². The SMILES string of the molecule is CNCC[C@@H](O)c1ccco1. The number of aliphatic hydroxyl groups excluding tert-OH is 1. The van der Waals surface area contributed by atoms with E-state index in [1.165, 1.54) is 0 Å². The van der Waals surface area contributed by atoms with Crippen molar-refractivity contribution in [1.82, 2.24) is 5.32 Å². The summed E-state index contributed by atoms with van der Waals surface area (Å²) in [5.41, 5.74) is 0. The van der Waals surface area contributed by atoms with Crippen LogP contribution in [0.2, 0.25) is 0 Å². The molecule has 0 aliphatic heterocycles. The second-order valence-corrected chi connectivity index (χ2v) is 2.42. The number of rotatable bonds is 4. The lowest BCUT2D eigenvalue weighted by atomic mass is 10.2. The summed E-state index contributed by atoms with van der Waals surface area (Å²) < 4.78 is 5.01. The zero-order chi connectivity index (χ0) is 8.10. The minimum Gasteiger partial charge on any atom is -0.467 e. The molecular formula is C8H13NO2. The maximum atomic E-state index is 9.41. The predicted molar refractivity (Wildman–Crippen MR) is 42.2 cm³/mol. The Morgan fingerprint density at radius 3 is 3.09 bits per heavy atom. The Kier molecular flexibility index (Phi) is 3.14. The second-order valence-electron chi connectivity index (χ2n) is 2.42. The van der Waals surface area contributed by atoms with Crippen LogP contribution in [0, 0.1) is 0 Å². The van der Waals surface area contributed by atoms with Crippen LogP contribution in [-0.4, -0.2) is 18.7 Å². The number of hydrogen-bond acceptors (Lipinski definition) is 3. The zero-order valence-corrected chi connectivity index (χ0v) is 6.58. The van der Waals surface area contributed by atoms with Crippen molar-refractivity contribution in [3.8, 4) is 0 Å². The molecule has 1 atom stereocenters. The topological polar surface area (TPSA) is 45.4 Å². The van der Waals surface area contributed by atoms with Gasteiger partial charge in [-0.25, -0.2) is 0 Å². The molecule has 3 nitrogen and oxygen atoms in total. The van der Waals surface area contributed by atoms with Gasteiger partial charge in [0.25, 0.3) is 0 Å². The molecule has 0 aliphatic carbocycles. The van der Waals surface area contributed by atoms with Crippen LogP contribution in [0.5, 0.6) is 0 Å². The minimum absolute atomic E-state index is 0.475. The predicted octanol–water partition coefficient (Wildman–Crippen LogP) is 0.923. The standard InChI is InChI=1S/C8H13NO2/c1-9-5-4-7(10)8-3-2-6-11-8/h2-3,6-7,9-10H,4-5H2,1H3/t7-/m1/s1. The molecule has 3 heteroatoms. The van der Waals surface area contributed by atoms with Gasteiger partial charge in [-0.2, -0.15) is 0 Å². The molecule has 0 aliphatic rings. The van der Waals surface area contributed by atoms with Gasteiger partial charge in [-0.05, 0) is 32.1 Å². The van der Waals surface area contributed by atoms with Crippen LogP contribution in [0.15, 0.2) is 22.8 Å². The van der Waals surface area contributed by atoms with Crippen molar-refractivity contribution < 1.29 is 9.52 Å². The van der Waals surface area contributed by atoms with E-state index in [0.717, 1.165) is 6.54 Å². The molecule has 1 aromatic heterocycles. The second kappa shape index (κ2) is 4.16.